The first-order valence-electron chi connectivity index (χ1n) is 10.0. The summed E-state index contributed by atoms with van der Waals surface area (Å²) in [5, 5.41) is 11.0. The smallest absolute Gasteiger partial charge is 0.200 e. The molecule has 0 saturated carbocycles. The monoisotopic (exact) mass is 412 g/mol. The second kappa shape index (κ2) is 6.57. The third-order valence-electron chi connectivity index (χ3n) is 6.67. The highest BCUT2D eigenvalue weighted by Gasteiger charge is 2.44. The average Bonchev–Trinajstić information content (AvgIpc) is 3.34. The lowest BCUT2D eigenvalue weighted by Crippen LogP contribution is -2.43. The Morgan fingerprint density at radius 2 is 1.97 bits per heavy atom. The molecule has 0 aliphatic carbocycles. The lowest BCUT2D eigenvalue weighted by Gasteiger charge is -2.32. The number of aromatic nitrogens is 4. The van der Waals surface area contributed by atoms with E-state index in [2.05, 4.69) is 21.8 Å². The molecule has 2 fully saturated rings. The van der Waals surface area contributed by atoms with Crippen LogP contribution in [0.4, 0.5) is 5.82 Å². The van der Waals surface area contributed by atoms with E-state index in [9.17, 15) is 5.11 Å². The van der Waals surface area contributed by atoms with Crippen molar-refractivity contribution < 1.29 is 5.11 Å². The average molecular weight is 413 g/mol. The van der Waals surface area contributed by atoms with Gasteiger partial charge in [0, 0.05) is 30.7 Å². The quantitative estimate of drug-likeness (QED) is 0.695. The van der Waals surface area contributed by atoms with Gasteiger partial charge in [-0.3, -0.25) is 4.90 Å². The van der Waals surface area contributed by atoms with Crippen molar-refractivity contribution in [2.45, 2.75) is 31.7 Å². The number of nitrogens with zero attached hydrogens (tertiary/aromatic N) is 6. The predicted molar refractivity (Wildman–Crippen MR) is 115 cm³/mol. The first-order chi connectivity index (χ1) is 13.9. The third kappa shape index (κ3) is 2.87. The second-order valence-corrected chi connectivity index (χ2v) is 8.84. The van der Waals surface area contributed by atoms with E-state index in [4.69, 9.17) is 21.6 Å². The van der Waals surface area contributed by atoms with E-state index in [1.54, 1.807) is 0 Å². The van der Waals surface area contributed by atoms with Crippen LogP contribution >= 0.6 is 11.6 Å². The SMILES string of the molecule is Cc1cc(Cl)cc(O)c1-c1nc2nc(N3CC[C@@]4(CCCN4C)C3)cnc2n1C. The number of halogens is 1. The number of anilines is 1. The van der Waals surface area contributed by atoms with Gasteiger partial charge in [0.1, 0.15) is 17.4 Å². The van der Waals surface area contributed by atoms with Crippen molar-refractivity contribution >= 4 is 28.7 Å². The maximum atomic E-state index is 10.5. The van der Waals surface area contributed by atoms with Crippen molar-refractivity contribution in [3.8, 4) is 17.1 Å². The van der Waals surface area contributed by atoms with Gasteiger partial charge in [-0.2, -0.15) is 0 Å². The molecule has 29 heavy (non-hydrogen) atoms. The number of rotatable bonds is 2. The molecule has 0 radical (unpaired) electrons. The molecule has 1 aromatic carbocycles. The molecule has 152 valence electrons. The second-order valence-electron chi connectivity index (χ2n) is 8.41. The maximum absolute atomic E-state index is 10.5. The number of aromatic hydroxyl groups is 1. The molecular formula is C21H25ClN6O. The van der Waals surface area contributed by atoms with Crippen molar-refractivity contribution in [2.24, 2.45) is 7.05 Å². The number of likely N-dealkylation sites (N-methyl/N-ethyl adjacent to an activating group) is 1. The fraction of sp³-hybridized carbons (Fsp3) is 0.476. The summed E-state index contributed by atoms with van der Waals surface area (Å²) in [5.74, 6) is 1.62. The Morgan fingerprint density at radius 1 is 1.14 bits per heavy atom. The number of benzene rings is 1. The molecule has 2 aromatic heterocycles. The highest BCUT2D eigenvalue weighted by Crippen LogP contribution is 2.38. The fourth-order valence-corrected chi connectivity index (χ4v) is 5.25. The summed E-state index contributed by atoms with van der Waals surface area (Å²) in [4.78, 5) is 19.0. The first kappa shape index (κ1) is 18.6. The van der Waals surface area contributed by atoms with E-state index in [1.165, 1.54) is 25.5 Å². The van der Waals surface area contributed by atoms with E-state index in [-0.39, 0.29) is 11.3 Å². The number of phenols is 1. The third-order valence-corrected chi connectivity index (χ3v) is 6.89. The van der Waals surface area contributed by atoms with Crippen LogP contribution in [-0.2, 0) is 7.05 Å². The molecule has 2 saturated heterocycles. The van der Waals surface area contributed by atoms with Crippen molar-refractivity contribution in [1.29, 1.82) is 0 Å². The minimum Gasteiger partial charge on any atom is -0.507 e. The lowest BCUT2D eigenvalue weighted by atomic mass is 9.96. The lowest BCUT2D eigenvalue weighted by molar-refractivity contribution is 0.198. The Morgan fingerprint density at radius 3 is 2.69 bits per heavy atom. The number of hydrogen-bond donors (Lipinski definition) is 1. The van der Waals surface area contributed by atoms with Crippen molar-refractivity contribution in [1.82, 2.24) is 24.4 Å². The van der Waals surface area contributed by atoms with Gasteiger partial charge in [0.25, 0.3) is 0 Å². The van der Waals surface area contributed by atoms with Crippen molar-refractivity contribution in [3.05, 3.63) is 28.9 Å². The molecule has 2 aliphatic rings. The number of aryl methyl sites for hydroxylation is 2. The van der Waals surface area contributed by atoms with Crippen LogP contribution in [0.1, 0.15) is 24.8 Å². The molecule has 2 aliphatic heterocycles. The zero-order valence-corrected chi connectivity index (χ0v) is 17.7. The van der Waals surface area contributed by atoms with Crippen LogP contribution < -0.4 is 4.90 Å². The zero-order valence-electron chi connectivity index (χ0n) is 17.0. The van der Waals surface area contributed by atoms with Gasteiger partial charge >= 0.3 is 0 Å². The van der Waals surface area contributed by atoms with Gasteiger partial charge in [0.05, 0.1) is 11.8 Å². The summed E-state index contributed by atoms with van der Waals surface area (Å²) in [6.07, 6.45) is 5.52. The molecule has 1 N–H and O–H groups in total. The Kier molecular flexibility index (Phi) is 4.22. The van der Waals surface area contributed by atoms with E-state index in [1.807, 2.05) is 30.8 Å². The van der Waals surface area contributed by atoms with E-state index < -0.39 is 0 Å². The molecule has 7 nitrogen and oxygen atoms in total. The van der Waals surface area contributed by atoms with Gasteiger partial charge in [-0.05, 0) is 57.5 Å². The largest absolute Gasteiger partial charge is 0.507 e. The molecule has 3 aromatic rings. The zero-order chi connectivity index (χ0) is 20.3. The summed E-state index contributed by atoms with van der Waals surface area (Å²) in [6.45, 7) is 5.06. The summed E-state index contributed by atoms with van der Waals surface area (Å²) in [7, 11) is 4.13. The van der Waals surface area contributed by atoms with E-state index in [0.717, 1.165) is 30.9 Å². The van der Waals surface area contributed by atoms with Crippen LogP contribution in [0.15, 0.2) is 18.3 Å². The molecular weight excluding hydrogens is 388 g/mol. The highest BCUT2D eigenvalue weighted by molar-refractivity contribution is 6.31. The van der Waals surface area contributed by atoms with Crippen LogP contribution in [0.2, 0.25) is 5.02 Å². The maximum Gasteiger partial charge on any atom is 0.200 e. The Balaban J connectivity index is 1.53. The summed E-state index contributed by atoms with van der Waals surface area (Å²) < 4.78 is 1.87. The van der Waals surface area contributed by atoms with Crippen LogP contribution in [0.5, 0.6) is 5.75 Å². The minimum absolute atomic E-state index is 0.111. The molecule has 4 heterocycles. The number of hydrogen-bond acceptors (Lipinski definition) is 6. The normalized spacial score (nSPS) is 22.4. The van der Waals surface area contributed by atoms with Gasteiger partial charge < -0.3 is 14.6 Å². The summed E-state index contributed by atoms with van der Waals surface area (Å²) in [5.41, 5.74) is 3.09. The predicted octanol–water partition coefficient (Wildman–Crippen LogP) is 3.37. The number of fused-ring (bicyclic) bond motifs is 1. The fourth-order valence-electron chi connectivity index (χ4n) is 4.98. The number of imidazole rings is 1. The van der Waals surface area contributed by atoms with Crippen molar-refractivity contribution in [2.75, 3.05) is 31.6 Å². The molecule has 0 bridgehead atoms. The van der Waals surface area contributed by atoms with Crippen LogP contribution in [-0.4, -0.2) is 61.7 Å². The molecule has 8 heteroatoms. The Bertz CT molecular complexity index is 1090. The van der Waals surface area contributed by atoms with Gasteiger partial charge in [0.2, 0.25) is 0 Å². The van der Waals surface area contributed by atoms with E-state index >= 15 is 0 Å². The van der Waals surface area contributed by atoms with Crippen LogP contribution in [0, 0.1) is 6.92 Å². The Hall–Kier alpha value is -2.38. The molecule has 1 spiro atoms. The number of phenolic OH excluding ortho intramolecular Hbond substituents is 1. The molecule has 0 amide bonds. The summed E-state index contributed by atoms with van der Waals surface area (Å²) >= 11 is 6.06. The molecule has 5 rings (SSSR count). The van der Waals surface area contributed by atoms with Gasteiger partial charge in [-0.1, -0.05) is 11.6 Å². The topological polar surface area (TPSA) is 70.3 Å². The first-order valence-corrected chi connectivity index (χ1v) is 10.4. The standard InChI is InChI=1S/C21H25ClN6O/c1-13-9-14(22)10-15(29)17(13)19-25-18-20(27(19)3)23-11-16(24-18)28-8-6-21(12-28)5-4-7-26(21)2/h9-11,29H,4-8,12H2,1-3H3/t21-/m0/s1. The highest BCUT2D eigenvalue weighted by atomic mass is 35.5. The van der Waals surface area contributed by atoms with Crippen LogP contribution in [0.25, 0.3) is 22.7 Å². The van der Waals surface area contributed by atoms with E-state index in [0.29, 0.717) is 27.7 Å². The minimum atomic E-state index is 0.111. The summed E-state index contributed by atoms with van der Waals surface area (Å²) in [6, 6.07) is 3.36. The number of likely N-dealkylation sites (tertiary alicyclic amines) is 1. The van der Waals surface area contributed by atoms with Gasteiger partial charge in [0.15, 0.2) is 11.3 Å². The molecule has 0 unspecified atom stereocenters. The Labute approximate surface area is 175 Å². The van der Waals surface area contributed by atoms with Crippen molar-refractivity contribution in [3.63, 3.8) is 0 Å². The van der Waals surface area contributed by atoms with Gasteiger partial charge in [-0.25, -0.2) is 15.0 Å². The molecule has 1 atom stereocenters. The van der Waals surface area contributed by atoms with Crippen LogP contribution in [0.3, 0.4) is 0 Å². The van der Waals surface area contributed by atoms with Gasteiger partial charge in [-0.15, -0.1) is 0 Å².